The number of anilines is 5. The first-order valence-corrected chi connectivity index (χ1v) is 8.76. The summed E-state index contributed by atoms with van der Waals surface area (Å²) in [6.07, 6.45) is 1.56. The zero-order valence-electron chi connectivity index (χ0n) is 15.2. The largest absolute Gasteiger partial charge is 0.372 e. The van der Waals surface area contributed by atoms with E-state index in [1.807, 2.05) is 24.3 Å². The van der Waals surface area contributed by atoms with E-state index < -0.39 is 11.6 Å². The van der Waals surface area contributed by atoms with E-state index in [0.717, 1.165) is 30.5 Å². The van der Waals surface area contributed by atoms with Gasteiger partial charge in [0.2, 0.25) is 5.95 Å². The molecule has 0 bridgehead atoms. The van der Waals surface area contributed by atoms with Crippen LogP contribution in [0.3, 0.4) is 0 Å². The fourth-order valence-electron chi connectivity index (χ4n) is 2.69. The van der Waals surface area contributed by atoms with Gasteiger partial charge in [-0.25, -0.2) is 13.8 Å². The molecule has 0 saturated carbocycles. The number of benzene rings is 2. The summed E-state index contributed by atoms with van der Waals surface area (Å²) in [5.74, 6) is -0.567. The number of rotatable bonds is 7. The van der Waals surface area contributed by atoms with Gasteiger partial charge in [-0.1, -0.05) is 0 Å². The second-order valence-electron chi connectivity index (χ2n) is 5.86. The van der Waals surface area contributed by atoms with Gasteiger partial charge < -0.3 is 15.5 Å². The third-order valence-corrected chi connectivity index (χ3v) is 4.10. The number of hydrogen-bond donors (Lipinski definition) is 2. The molecule has 0 fully saturated rings. The summed E-state index contributed by atoms with van der Waals surface area (Å²) in [7, 11) is 0. The van der Waals surface area contributed by atoms with Crippen LogP contribution in [-0.4, -0.2) is 23.1 Å². The van der Waals surface area contributed by atoms with Crippen molar-refractivity contribution in [2.75, 3.05) is 28.6 Å². The summed E-state index contributed by atoms with van der Waals surface area (Å²) < 4.78 is 26.8. The lowest BCUT2D eigenvalue weighted by Gasteiger charge is -2.21. The van der Waals surface area contributed by atoms with Crippen LogP contribution in [-0.2, 0) is 0 Å². The quantitative estimate of drug-likeness (QED) is 0.608. The van der Waals surface area contributed by atoms with Crippen molar-refractivity contribution >= 4 is 28.8 Å². The maximum atomic E-state index is 13.8. The maximum Gasteiger partial charge on any atom is 0.229 e. The van der Waals surface area contributed by atoms with Crippen LogP contribution in [0.5, 0.6) is 0 Å². The molecule has 3 rings (SSSR count). The topological polar surface area (TPSA) is 53.1 Å². The Kier molecular flexibility index (Phi) is 5.80. The van der Waals surface area contributed by atoms with E-state index in [-0.39, 0.29) is 11.6 Å². The lowest BCUT2D eigenvalue weighted by Crippen LogP contribution is -2.21. The smallest absolute Gasteiger partial charge is 0.229 e. The van der Waals surface area contributed by atoms with Crippen molar-refractivity contribution in [3.8, 4) is 0 Å². The Morgan fingerprint density at radius 1 is 0.926 bits per heavy atom. The van der Waals surface area contributed by atoms with Gasteiger partial charge in [0, 0.05) is 36.7 Å². The Balaban J connectivity index is 1.72. The molecule has 0 unspecified atom stereocenters. The van der Waals surface area contributed by atoms with Crippen molar-refractivity contribution in [2.45, 2.75) is 13.8 Å². The standard InChI is InChI=1S/C20H21F2N5/c1-3-27(4-2)16-8-6-15(7-9-16)24-19-11-12-23-20(26-19)25-18-10-5-14(21)13-17(18)22/h5-13H,3-4H2,1-2H3,(H2,23,24,25,26). The number of nitrogens with one attached hydrogen (secondary N) is 2. The average molecular weight is 369 g/mol. The fraction of sp³-hybridized carbons (Fsp3) is 0.200. The van der Waals surface area contributed by atoms with Crippen molar-refractivity contribution in [3.63, 3.8) is 0 Å². The van der Waals surface area contributed by atoms with Gasteiger partial charge in [0.25, 0.3) is 0 Å². The molecule has 0 spiro atoms. The minimum Gasteiger partial charge on any atom is -0.372 e. The first-order valence-electron chi connectivity index (χ1n) is 8.76. The van der Waals surface area contributed by atoms with Crippen LogP contribution < -0.4 is 15.5 Å². The van der Waals surface area contributed by atoms with Crippen LogP contribution >= 0.6 is 0 Å². The molecule has 3 aromatic rings. The van der Waals surface area contributed by atoms with Gasteiger partial charge in [0.1, 0.15) is 17.5 Å². The van der Waals surface area contributed by atoms with Crippen LogP contribution in [0, 0.1) is 11.6 Å². The van der Waals surface area contributed by atoms with Gasteiger partial charge in [-0.3, -0.25) is 0 Å². The molecule has 27 heavy (non-hydrogen) atoms. The minimum absolute atomic E-state index is 0.108. The van der Waals surface area contributed by atoms with Crippen LogP contribution in [0.4, 0.5) is 37.6 Å². The van der Waals surface area contributed by atoms with Crippen LogP contribution in [0.25, 0.3) is 0 Å². The fourth-order valence-corrected chi connectivity index (χ4v) is 2.69. The monoisotopic (exact) mass is 369 g/mol. The maximum absolute atomic E-state index is 13.8. The van der Waals surface area contributed by atoms with E-state index in [1.54, 1.807) is 12.3 Å². The van der Waals surface area contributed by atoms with Crippen LogP contribution in [0.2, 0.25) is 0 Å². The Morgan fingerprint density at radius 2 is 1.67 bits per heavy atom. The van der Waals surface area contributed by atoms with Crippen molar-refractivity contribution in [2.24, 2.45) is 0 Å². The number of hydrogen-bond acceptors (Lipinski definition) is 5. The summed E-state index contributed by atoms with van der Waals surface area (Å²) in [5, 5.41) is 5.95. The Bertz CT molecular complexity index is 895. The summed E-state index contributed by atoms with van der Waals surface area (Å²) in [4.78, 5) is 10.6. The molecule has 0 saturated heterocycles. The minimum atomic E-state index is -0.705. The van der Waals surface area contributed by atoms with Crippen molar-refractivity contribution in [3.05, 3.63) is 66.4 Å². The van der Waals surface area contributed by atoms with Crippen molar-refractivity contribution in [1.82, 2.24) is 9.97 Å². The van der Waals surface area contributed by atoms with Crippen LogP contribution in [0.15, 0.2) is 54.7 Å². The highest BCUT2D eigenvalue weighted by atomic mass is 19.1. The molecule has 0 amide bonds. The second-order valence-corrected chi connectivity index (χ2v) is 5.86. The molecule has 2 aromatic carbocycles. The molecule has 1 aromatic heterocycles. The van der Waals surface area contributed by atoms with Gasteiger partial charge >= 0.3 is 0 Å². The number of halogens is 2. The third kappa shape index (κ3) is 4.69. The van der Waals surface area contributed by atoms with Crippen LogP contribution in [0.1, 0.15) is 13.8 Å². The van der Waals surface area contributed by atoms with Gasteiger partial charge in [-0.05, 0) is 56.3 Å². The Hall–Kier alpha value is -3.22. The van der Waals surface area contributed by atoms with Crippen molar-refractivity contribution in [1.29, 1.82) is 0 Å². The first kappa shape index (κ1) is 18.6. The zero-order valence-corrected chi connectivity index (χ0v) is 15.2. The molecule has 0 atom stereocenters. The normalized spacial score (nSPS) is 10.5. The molecular formula is C20H21F2N5. The molecular weight excluding hydrogens is 348 g/mol. The van der Waals surface area contributed by atoms with E-state index >= 15 is 0 Å². The second kappa shape index (κ2) is 8.44. The molecule has 0 aliphatic heterocycles. The highest BCUT2D eigenvalue weighted by Gasteiger charge is 2.07. The van der Waals surface area contributed by atoms with Gasteiger partial charge in [-0.15, -0.1) is 0 Å². The van der Waals surface area contributed by atoms with E-state index in [2.05, 4.69) is 39.3 Å². The predicted octanol–water partition coefficient (Wildman–Crippen LogP) is 5.09. The molecule has 140 valence electrons. The summed E-state index contributed by atoms with van der Waals surface area (Å²) in [5.41, 5.74) is 2.14. The lowest BCUT2D eigenvalue weighted by atomic mass is 10.2. The van der Waals surface area contributed by atoms with Gasteiger partial charge in [-0.2, -0.15) is 4.98 Å². The lowest BCUT2D eigenvalue weighted by molar-refractivity contribution is 0.586. The molecule has 7 heteroatoms. The highest BCUT2D eigenvalue weighted by molar-refractivity contribution is 5.62. The average Bonchev–Trinajstić information content (AvgIpc) is 2.67. The molecule has 0 radical (unpaired) electrons. The molecule has 0 aliphatic rings. The summed E-state index contributed by atoms with van der Waals surface area (Å²) >= 11 is 0. The summed E-state index contributed by atoms with van der Waals surface area (Å²) in [6, 6.07) is 13.0. The van der Waals surface area contributed by atoms with Gasteiger partial charge in [0.15, 0.2) is 0 Å². The van der Waals surface area contributed by atoms with E-state index in [1.165, 1.54) is 12.1 Å². The Labute approximate surface area is 157 Å². The Morgan fingerprint density at radius 3 is 2.33 bits per heavy atom. The number of nitrogens with zero attached hydrogens (tertiary/aromatic N) is 3. The van der Waals surface area contributed by atoms with Crippen molar-refractivity contribution < 1.29 is 8.78 Å². The van der Waals surface area contributed by atoms with E-state index in [9.17, 15) is 8.78 Å². The molecule has 5 nitrogen and oxygen atoms in total. The van der Waals surface area contributed by atoms with Gasteiger partial charge in [0.05, 0.1) is 5.69 Å². The van der Waals surface area contributed by atoms with E-state index in [4.69, 9.17) is 0 Å². The highest BCUT2D eigenvalue weighted by Crippen LogP contribution is 2.22. The number of aromatic nitrogens is 2. The third-order valence-electron chi connectivity index (χ3n) is 4.10. The molecule has 0 aliphatic carbocycles. The SMILES string of the molecule is CCN(CC)c1ccc(Nc2ccnc(Nc3ccc(F)cc3F)n2)cc1. The first-order chi connectivity index (χ1) is 13.1. The summed E-state index contributed by atoms with van der Waals surface area (Å²) in [6.45, 7) is 6.14. The van der Waals surface area contributed by atoms with E-state index in [0.29, 0.717) is 5.82 Å². The zero-order chi connectivity index (χ0) is 19.2. The molecule has 2 N–H and O–H groups in total. The molecule has 1 heterocycles. The predicted molar refractivity (Wildman–Crippen MR) is 105 cm³/mol.